The van der Waals surface area contributed by atoms with E-state index in [9.17, 15) is 4.79 Å². The molecule has 2 aliphatic rings. The van der Waals surface area contributed by atoms with Crippen molar-refractivity contribution in [2.24, 2.45) is 23.7 Å². The Labute approximate surface area is 158 Å². The number of rotatable bonds is 7. The second-order valence-electron chi connectivity index (χ2n) is 8.30. The Kier molecular flexibility index (Phi) is 6.99. The first-order chi connectivity index (χ1) is 12.7. The van der Waals surface area contributed by atoms with Gasteiger partial charge in [0.25, 0.3) is 0 Å². The molecule has 0 radical (unpaired) electrons. The van der Waals surface area contributed by atoms with Crippen LogP contribution in [0.2, 0.25) is 0 Å². The molecule has 3 heteroatoms. The molecule has 0 heterocycles. The molecule has 3 rings (SSSR count). The van der Waals surface area contributed by atoms with Gasteiger partial charge in [0, 0.05) is 0 Å². The first-order valence-corrected chi connectivity index (χ1v) is 10.5. The average Bonchev–Trinajstić information content (AvgIpc) is 2.68. The molecule has 4 atom stereocenters. The van der Waals surface area contributed by atoms with Gasteiger partial charge in [-0.15, -0.1) is 0 Å². The predicted molar refractivity (Wildman–Crippen MR) is 104 cm³/mol. The zero-order valence-corrected chi connectivity index (χ0v) is 16.4. The van der Waals surface area contributed by atoms with E-state index in [1.807, 2.05) is 24.3 Å². The van der Waals surface area contributed by atoms with E-state index in [0.29, 0.717) is 5.75 Å². The van der Waals surface area contributed by atoms with Gasteiger partial charge in [-0.3, -0.25) is 4.79 Å². The van der Waals surface area contributed by atoms with E-state index < -0.39 is 0 Å². The van der Waals surface area contributed by atoms with Crippen LogP contribution in [0.15, 0.2) is 24.3 Å². The van der Waals surface area contributed by atoms with Crippen LogP contribution in [-0.2, 0) is 4.79 Å². The molecule has 2 unspecified atom stereocenters. The number of ether oxygens (including phenoxy) is 2. The van der Waals surface area contributed by atoms with E-state index in [4.69, 9.17) is 9.47 Å². The van der Waals surface area contributed by atoms with Crippen molar-refractivity contribution in [3.63, 3.8) is 0 Å². The minimum Gasteiger partial charge on any atom is -0.497 e. The number of hydrogen-bond acceptors (Lipinski definition) is 3. The summed E-state index contributed by atoms with van der Waals surface area (Å²) < 4.78 is 10.8. The molecule has 1 aromatic carbocycles. The largest absolute Gasteiger partial charge is 0.497 e. The van der Waals surface area contributed by atoms with Crippen LogP contribution >= 0.6 is 0 Å². The molecule has 144 valence electrons. The van der Waals surface area contributed by atoms with Crippen LogP contribution in [0.4, 0.5) is 0 Å². The van der Waals surface area contributed by atoms with Crippen LogP contribution in [0, 0.1) is 23.7 Å². The zero-order valence-electron chi connectivity index (χ0n) is 16.4. The Morgan fingerprint density at radius 1 is 0.962 bits per heavy atom. The van der Waals surface area contributed by atoms with Crippen molar-refractivity contribution in [1.29, 1.82) is 0 Å². The highest BCUT2D eigenvalue weighted by molar-refractivity contribution is 5.75. The van der Waals surface area contributed by atoms with Crippen LogP contribution in [0.3, 0.4) is 0 Å². The topological polar surface area (TPSA) is 35.5 Å². The number of benzene rings is 1. The number of hydrogen-bond donors (Lipinski definition) is 0. The van der Waals surface area contributed by atoms with Gasteiger partial charge in [0.05, 0.1) is 13.0 Å². The average molecular weight is 359 g/mol. The summed E-state index contributed by atoms with van der Waals surface area (Å²) in [6.45, 7) is 2.28. The molecule has 0 aliphatic heterocycles. The molecule has 0 saturated heterocycles. The SMILES string of the molecule is CCCCCC1CCC2C[C@H](C(=O)Oc3ccc(OC)cc3)CC[C@@H]2C1. The number of carbonyl (C=O) groups excluding carboxylic acids is 1. The Morgan fingerprint density at radius 2 is 1.65 bits per heavy atom. The fraction of sp³-hybridized carbons (Fsp3) is 0.696. The van der Waals surface area contributed by atoms with Crippen molar-refractivity contribution in [2.45, 2.75) is 71.1 Å². The number of fused-ring (bicyclic) bond motifs is 1. The maximum Gasteiger partial charge on any atom is 0.314 e. The van der Waals surface area contributed by atoms with Gasteiger partial charge in [-0.25, -0.2) is 0 Å². The summed E-state index contributed by atoms with van der Waals surface area (Å²) in [6.07, 6.45) is 12.8. The zero-order chi connectivity index (χ0) is 18.4. The van der Waals surface area contributed by atoms with Crippen LogP contribution in [-0.4, -0.2) is 13.1 Å². The summed E-state index contributed by atoms with van der Waals surface area (Å²) in [5.74, 6) is 3.96. The Balaban J connectivity index is 1.47. The number of unbranched alkanes of at least 4 members (excludes halogenated alkanes) is 2. The van der Waals surface area contributed by atoms with Gasteiger partial charge in [0.15, 0.2) is 0 Å². The van der Waals surface area contributed by atoms with E-state index in [-0.39, 0.29) is 11.9 Å². The third-order valence-electron chi connectivity index (χ3n) is 6.55. The minimum absolute atomic E-state index is 0.0429. The maximum atomic E-state index is 12.6. The van der Waals surface area contributed by atoms with Crippen LogP contribution in [0.5, 0.6) is 11.5 Å². The summed E-state index contributed by atoms with van der Waals surface area (Å²) in [7, 11) is 1.64. The van der Waals surface area contributed by atoms with Crippen molar-refractivity contribution in [1.82, 2.24) is 0 Å². The molecule has 3 nitrogen and oxygen atoms in total. The standard InChI is InChI=1S/C23H34O3/c1-3-4-5-6-17-7-8-19-16-20(10-9-18(19)15-17)23(24)26-22-13-11-21(25-2)12-14-22/h11-14,17-20H,3-10,15-16H2,1-2H3/t17?,18-,19?,20-/m1/s1. The Morgan fingerprint density at radius 3 is 2.38 bits per heavy atom. The molecule has 2 aliphatic carbocycles. The summed E-state index contributed by atoms with van der Waals surface area (Å²) in [5, 5.41) is 0. The highest BCUT2D eigenvalue weighted by Crippen LogP contribution is 2.46. The monoisotopic (exact) mass is 358 g/mol. The lowest BCUT2D eigenvalue weighted by atomic mass is 9.64. The van der Waals surface area contributed by atoms with E-state index in [2.05, 4.69) is 6.92 Å². The highest BCUT2D eigenvalue weighted by Gasteiger charge is 2.38. The molecule has 0 spiro atoms. The highest BCUT2D eigenvalue weighted by atomic mass is 16.5. The second kappa shape index (κ2) is 9.43. The van der Waals surface area contributed by atoms with E-state index >= 15 is 0 Å². The molecule has 26 heavy (non-hydrogen) atoms. The molecule has 0 bridgehead atoms. The van der Waals surface area contributed by atoms with Gasteiger partial charge < -0.3 is 9.47 Å². The predicted octanol–water partition coefficient (Wildman–Crippen LogP) is 6.01. The van der Waals surface area contributed by atoms with Crippen molar-refractivity contribution in [3.05, 3.63) is 24.3 Å². The summed E-state index contributed by atoms with van der Waals surface area (Å²) in [4.78, 5) is 12.6. The van der Waals surface area contributed by atoms with Gasteiger partial charge in [0.2, 0.25) is 0 Å². The summed E-state index contributed by atoms with van der Waals surface area (Å²) in [6, 6.07) is 7.28. The lowest BCUT2D eigenvalue weighted by Crippen LogP contribution is -2.35. The lowest BCUT2D eigenvalue weighted by molar-refractivity contribution is -0.141. The van der Waals surface area contributed by atoms with Crippen molar-refractivity contribution >= 4 is 5.97 Å². The molecule has 1 aromatic rings. The van der Waals surface area contributed by atoms with Crippen molar-refractivity contribution in [3.8, 4) is 11.5 Å². The van der Waals surface area contributed by atoms with Gasteiger partial charge in [-0.05, 0) is 74.1 Å². The van der Waals surface area contributed by atoms with E-state index in [0.717, 1.165) is 36.3 Å². The van der Waals surface area contributed by atoms with E-state index in [1.165, 1.54) is 51.4 Å². The Bertz CT molecular complexity index is 565. The maximum absolute atomic E-state index is 12.6. The van der Waals surface area contributed by atoms with Crippen molar-refractivity contribution in [2.75, 3.05) is 7.11 Å². The van der Waals surface area contributed by atoms with Crippen molar-refractivity contribution < 1.29 is 14.3 Å². The van der Waals surface area contributed by atoms with Gasteiger partial charge >= 0.3 is 5.97 Å². The number of methoxy groups -OCH3 is 1. The number of carbonyl (C=O) groups is 1. The summed E-state index contributed by atoms with van der Waals surface area (Å²) in [5.41, 5.74) is 0. The number of esters is 1. The summed E-state index contributed by atoms with van der Waals surface area (Å²) >= 11 is 0. The molecule has 0 aromatic heterocycles. The third-order valence-corrected chi connectivity index (χ3v) is 6.55. The minimum atomic E-state index is -0.0429. The molecule has 2 fully saturated rings. The first-order valence-electron chi connectivity index (χ1n) is 10.5. The quantitative estimate of drug-likeness (QED) is 0.340. The van der Waals surface area contributed by atoms with Crippen LogP contribution in [0.1, 0.15) is 71.1 Å². The molecule has 0 N–H and O–H groups in total. The second-order valence-corrected chi connectivity index (χ2v) is 8.30. The van der Waals surface area contributed by atoms with E-state index in [1.54, 1.807) is 7.11 Å². The smallest absolute Gasteiger partial charge is 0.314 e. The third kappa shape index (κ3) is 5.02. The molecule has 0 amide bonds. The fourth-order valence-corrected chi connectivity index (χ4v) is 4.99. The van der Waals surface area contributed by atoms with Crippen LogP contribution < -0.4 is 9.47 Å². The van der Waals surface area contributed by atoms with Crippen LogP contribution in [0.25, 0.3) is 0 Å². The Hall–Kier alpha value is -1.51. The lowest BCUT2D eigenvalue weighted by Gasteiger charge is -2.41. The normalized spacial score (nSPS) is 28.2. The van der Waals surface area contributed by atoms with Gasteiger partial charge in [-0.2, -0.15) is 0 Å². The molecule has 2 saturated carbocycles. The molecular weight excluding hydrogens is 324 g/mol. The first kappa shape index (κ1) is 19.3. The fourth-order valence-electron chi connectivity index (χ4n) is 4.99. The van der Waals surface area contributed by atoms with Gasteiger partial charge in [-0.1, -0.05) is 39.0 Å². The molecular formula is C23H34O3. The van der Waals surface area contributed by atoms with Gasteiger partial charge in [0.1, 0.15) is 11.5 Å².